The maximum atomic E-state index is 13.5. The number of hydrogen-bond acceptors (Lipinski definition) is 7. The lowest BCUT2D eigenvalue weighted by Gasteiger charge is -2.37. The number of carbonyl (C=O) groups is 2. The van der Waals surface area contributed by atoms with E-state index in [2.05, 4.69) is 4.74 Å². The minimum Gasteiger partial charge on any atom is -0.748 e. The van der Waals surface area contributed by atoms with Crippen molar-refractivity contribution in [1.29, 1.82) is 0 Å². The highest BCUT2D eigenvalue weighted by Crippen LogP contribution is 2.47. The second-order valence-electron chi connectivity index (χ2n) is 7.44. The zero-order valence-corrected chi connectivity index (χ0v) is 20.4. The maximum Gasteiger partial charge on any atom is 0.438 e. The van der Waals surface area contributed by atoms with Gasteiger partial charge in [-0.1, -0.05) is 36.4 Å². The average molecular weight is 649 g/mol. The van der Waals surface area contributed by atoms with Gasteiger partial charge in [-0.25, -0.2) is 13.2 Å². The van der Waals surface area contributed by atoms with Crippen molar-refractivity contribution in [3.8, 4) is 5.75 Å². The summed E-state index contributed by atoms with van der Waals surface area (Å²) in [6.07, 6.45) is -10.1. The minimum atomic E-state index is -6.54. The van der Waals surface area contributed by atoms with Gasteiger partial charge in [0.25, 0.3) is 0 Å². The molecule has 15 heteroatoms. The van der Waals surface area contributed by atoms with Crippen molar-refractivity contribution in [2.45, 2.75) is 23.9 Å². The molecule has 0 saturated heterocycles. The molecule has 1 atom stereocenters. The molecule has 36 heavy (non-hydrogen) atoms. The van der Waals surface area contributed by atoms with E-state index < -0.39 is 63.0 Å². The zero-order chi connectivity index (χ0) is 27.1. The highest BCUT2D eigenvalue weighted by molar-refractivity contribution is 14.1. The van der Waals surface area contributed by atoms with E-state index in [-0.39, 0.29) is 3.57 Å². The van der Waals surface area contributed by atoms with E-state index in [4.69, 9.17) is 4.74 Å². The summed E-state index contributed by atoms with van der Waals surface area (Å²) in [5.41, 5.74) is -5.54. The van der Waals surface area contributed by atoms with Crippen molar-refractivity contribution >= 4 is 50.7 Å². The summed E-state index contributed by atoms with van der Waals surface area (Å²) >= 11 is 1.67. The van der Waals surface area contributed by atoms with Crippen LogP contribution in [0.2, 0.25) is 0 Å². The number of hydrogen-bond donors (Lipinski definition) is 0. The molecule has 194 valence electrons. The number of fused-ring (bicyclic) bond motifs is 1. The lowest BCUT2D eigenvalue weighted by molar-refractivity contribution is -0.356. The Kier molecular flexibility index (Phi) is 7.49. The lowest BCUT2D eigenvalue weighted by atomic mass is 10.0. The molecule has 3 rings (SSSR count). The summed E-state index contributed by atoms with van der Waals surface area (Å²) < 4.78 is 123. The first kappa shape index (κ1) is 27.9. The third kappa shape index (κ3) is 5.67. The van der Waals surface area contributed by atoms with Crippen molar-refractivity contribution in [3.63, 3.8) is 0 Å². The Bertz CT molecular complexity index is 1320. The second kappa shape index (κ2) is 9.66. The molecule has 0 amide bonds. The van der Waals surface area contributed by atoms with Gasteiger partial charge in [0.15, 0.2) is 0 Å². The number of ether oxygens (including phenoxy) is 2. The summed E-state index contributed by atoms with van der Waals surface area (Å²) in [6.45, 7) is 0. The van der Waals surface area contributed by atoms with Crippen LogP contribution in [0.3, 0.4) is 0 Å². The van der Waals surface area contributed by atoms with E-state index in [0.29, 0.717) is 11.1 Å². The first-order chi connectivity index (χ1) is 16.5. The fourth-order valence-corrected chi connectivity index (χ4v) is 4.65. The van der Waals surface area contributed by atoms with E-state index in [1.54, 1.807) is 52.9 Å². The minimum absolute atomic E-state index is 0.273. The van der Waals surface area contributed by atoms with Gasteiger partial charge in [-0.3, -0.25) is 4.79 Å². The van der Waals surface area contributed by atoms with Crippen molar-refractivity contribution < 1.29 is 58.4 Å². The predicted octanol–water partition coefficient (Wildman–Crippen LogP) is 4.57. The van der Waals surface area contributed by atoms with Crippen LogP contribution >= 0.6 is 22.6 Å². The van der Waals surface area contributed by atoms with Crippen LogP contribution in [-0.4, -0.2) is 48.6 Å². The zero-order valence-electron chi connectivity index (χ0n) is 17.4. The van der Waals surface area contributed by atoms with E-state index in [9.17, 15) is 48.9 Å². The Balaban J connectivity index is 2.00. The normalized spacial score (nSPS) is 15.9. The molecule has 0 aliphatic heterocycles. The van der Waals surface area contributed by atoms with E-state index in [1.165, 1.54) is 6.08 Å². The molecule has 1 unspecified atom stereocenters. The van der Waals surface area contributed by atoms with Gasteiger partial charge in [0.2, 0.25) is 0 Å². The third-order valence-electron chi connectivity index (χ3n) is 4.99. The Labute approximate surface area is 213 Å². The predicted molar refractivity (Wildman–Crippen MR) is 118 cm³/mol. The molecule has 0 aromatic heterocycles. The fourth-order valence-electron chi connectivity index (χ4n) is 3.31. The highest BCUT2D eigenvalue weighted by atomic mass is 127. The molecule has 0 spiro atoms. The summed E-state index contributed by atoms with van der Waals surface area (Å²) in [7, 11) is -6.21. The summed E-state index contributed by atoms with van der Waals surface area (Å²) in [5.74, 6) is -8.21. The van der Waals surface area contributed by atoms with Crippen molar-refractivity contribution in [3.05, 3.63) is 68.8 Å². The molecule has 0 radical (unpaired) electrons. The van der Waals surface area contributed by atoms with Crippen LogP contribution in [0.25, 0.3) is 6.08 Å². The summed E-state index contributed by atoms with van der Waals surface area (Å²) in [5, 5.41) is 0. The van der Waals surface area contributed by atoms with Gasteiger partial charge in [0.05, 0.1) is 15.9 Å². The quantitative estimate of drug-likeness (QED) is 0.148. The average Bonchev–Trinajstić information content (AvgIpc) is 3.15. The summed E-state index contributed by atoms with van der Waals surface area (Å²) in [4.78, 5) is 25.3. The van der Waals surface area contributed by atoms with Crippen LogP contribution in [0.15, 0.2) is 48.5 Å². The van der Waals surface area contributed by atoms with Crippen molar-refractivity contribution in [2.75, 3.05) is 5.75 Å². The number of carbonyl (C=O) groups excluding carboxylic acids is 2. The molecule has 2 aromatic carbocycles. The first-order valence-electron chi connectivity index (χ1n) is 9.54. The molecule has 0 fully saturated rings. The second-order valence-corrected chi connectivity index (χ2v) is 10.1. The first-order valence-corrected chi connectivity index (χ1v) is 12.2. The smallest absolute Gasteiger partial charge is 0.438 e. The van der Waals surface area contributed by atoms with Crippen molar-refractivity contribution in [1.82, 2.24) is 0 Å². The van der Waals surface area contributed by atoms with Gasteiger partial charge >= 0.3 is 29.9 Å². The standard InChI is InChI=1S/C21H13F6IO7S/c22-20(23,24)19(21(25,26)27,10-36(31,32)33)35-18(30)15-8-6-12(28)9-16(15)34-17(29)14-7-5-11-3-1-2-4-13(11)14/h1-9,14H,10H2,(H,31,32,33)/p-1. The molecular weight excluding hydrogens is 637 g/mol. The van der Waals surface area contributed by atoms with Gasteiger partial charge in [-0.2, -0.15) is 26.3 Å². The fraction of sp³-hybridized carbons (Fsp3) is 0.238. The number of rotatable bonds is 6. The van der Waals surface area contributed by atoms with E-state index in [1.807, 2.05) is 0 Å². The SMILES string of the molecule is O=C(OC(CS(=O)(=O)[O-])(C(F)(F)F)C(F)(F)F)c1ccc(I)cc1OC(=O)C1C=Cc2ccccc21. The lowest BCUT2D eigenvalue weighted by Crippen LogP contribution is -2.63. The van der Waals surface area contributed by atoms with Crippen LogP contribution in [0.4, 0.5) is 26.3 Å². The van der Waals surface area contributed by atoms with Gasteiger partial charge in [-0.15, -0.1) is 0 Å². The van der Waals surface area contributed by atoms with Crippen LogP contribution in [0.1, 0.15) is 27.4 Å². The Hall–Kier alpha value is -2.66. The third-order valence-corrected chi connectivity index (χ3v) is 6.42. The van der Waals surface area contributed by atoms with E-state index >= 15 is 0 Å². The largest absolute Gasteiger partial charge is 0.748 e. The topological polar surface area (TPSA) is 110 Å². The van der Waals surface area contributed by atoms with Gasteiger partial charge in [-0.05, 0) is 51.9 Å². The Morgan fingerprint density at radius 1 is 1.00 bits per heavy atom. The number of esters is 2. The Morgan fingerprint density at radius 2 is 1.61 bits per heavy atom. The molecule has 7 nitrogen and oxygen atoms in total. The molecule has 1 aliphatic carbocycles. The highest BCUT2D eigenvalue weighted by Gasteiger charge is 2.75. The number of alkyl halides is 6. The molecule has 0 saturated carbocycles. The molecule has 2 aromatic rings. The summed E-state index contributed by atoms with van der Waals surface area (Å²) in [6, 6.07) is 9.40. The molecule has 0 N–H and O–H groups in total. The van der Waals surface area contributed by atoms with Gasteiger partial charge in [0.1, 0.15) is 17.2 Å². The van der Waals surface area contributed by atoms with Gasteiger partial charge in [0, 0.05) is 3.57 Å². The van der Waals surface area contributed by atoms with Crippen LogP contribution in [0, 0.1) is 3.57 Å². The van der Waals surface area contributed by atoms with Gasteiger partial charge < -0.3 is 14.0 Å². The monoisotopic (exact) mass is 649 g/mol. The van der Waals surface area contributed by atoms with Crippen LogP contribution in [0.5, 0.6) is 5.75 Å². The maximum absolute atomic E-state index is 13.5. The van der Waals surface area contributed by atoms with Crippen molar-refractivity contribution in [2.24, 2.45) is 0 Å². The number of benzene rings is 2. The van der Waals surface area contributed by atoms with Crippen LogP contribution in [-0.2, 0) is 19.6 Å². The molecule has 0 bridgehead atoms. The van der Waals surface area contributed by atoms with E-state index in [0.717, 1.165) is 18.2 Å². The Morgan fingerprint density at radius 3 is 2.19 bits per heavy atom. The number of halogens is 7. The molecule has 0 heterocycles. The molecular formula is C21H12F6IO7S-. The van der Waals surface area contributed by atoms with Crippen LogP contribution < -0.4 is 4.74 Å². The molecule has 1 aliphatic rings.